The second-order valence-electron chi connectivity index (χ2n) is 4.26. The third-order valence-corrected chi connectivity index (χ3v) is 2.62. The van der Waals surface area contributed by atoms with Crippen LogP contribution in [0.25, 0.3) is 0 Å². The van der Waals surface area contributed by atoms with E-state index in [2.05, 4.69) is 19.2 Å². The summed E-state index contributed by atoms with van der Waals surface area (Å²) in [6.45, 7) is 6.00. The lowest BCUT2D eigenvalue weighted by Gasteiger charge is -2.20. The Hall–Kier alpha value is -2.48. The molecule has 0 rings (SSSR count). The van der Waals surface area contributed by atoms with Crippen LogP contribution in [0, 0.1) is 22.7 Å². The van der Waals surface area contributed by atoms with Crippen molar-refractivity contribution in [3.8, 4) is 12.1 Å². The number of hydrogen-bond acceptors (Lipinski definition) is 8. The van der Waals surface area contributed by atoms with Gasteiger partial charge in [0.15, 0.2) is 11.2 Å². The lowest BCUT2D eigenvalue weighted by Crippen LogP contribution is -2.32. The summed E-state index contributed by atoms with van der Waals surface area (Å²) in [5, 5.41) is 17.6. The SMILES string of the molecule is CCC(C)(C#N)OC(=O)OOC(=O)OC(C)(C#N)CC. The predicted molar refractivity (Wildman–Crippen MR) is 63.8 cm³/mol. The molecule has 0 radical (unpaired) electrons. The first kappa shape index (κ1) is 17.5. The van der Waals surface area contributed by atoms with Crippen molar-refractivity contribution >= 4 is 12.3 Å². The second kappa shape index (κ2) is 7.19. The van der Waals surface area contributed by atoms with Crippen molar-refractivity contribution in [3.63, 3.8) is 0 Å². The first-order chi connectivity index (χ1) is 9.24. The van der Waals surface area contributed by atoms with E-state index >= 15 is 0 Å². The molecule has 0 bridgehead atoms. The van der Waals surface area contributed by atoms with E-state index in [9.17, 15) is 9.59 Å². The molecule has 2 unspecified atom stereocenters. The molecule has 0 fully saturated rings. The molecular formula is C12H16N2O6. The van der Waals surface area contributed by atoms with Crippen LogP contribution in [0.2, 0.25) is 0 Å². The Morgan fingerprint density at radius 1 is 0.900 bits per heavy atom. The maximum atomic E-state index is 11.2. The van der Waals surface area contributed by atoms with Gasteiger partial charge in [0.05, 0.1) is 0 Å². The normalized spacial score (nSPS) is 15.5. The van der Waals surface area contributed by atoms with Gasteiger partial charge in [-0.3, -0.25) is 0 Å². The quantitative estimate of drug-likeness (QED) is 0.439. The molecule has 0 amide bonds. The molecule has 2 atom stereocenters. The van der Waals surface area contributed by atoms with E-state index in [4.69, 9.17) is 10.5 Å². The molecule has 0 N–H and O–H groups in total. The predicted octanol–water partition coefficient (Wildman–Crippen LogP) is 2.59. The van der Waals surface area contributed by atoms with Gasteiger partial charge in [0.25, 0.3) is 0 Å². The largest absolute Gasteiger partial charge is 0.551 e. The van der Waals surface area contributed by atoms with E-state index in [1.165, 1.54) is 13.8 Å². The van der Waals surface area contributed by atoms with Gasteiger partial charge >= 0.3 is 12.3 Å². The fraction of sp³-hybridized carbons (Fsp3) is 0.667. The van der Waals surface area contributed by atoms with E-state index in [0.717, 1.165) is 0 Å². The zero-order valence-corrected chi connectivity index (χ0v) is 11.8. The Morgan fingerprint density at radius 2 is 1.20 bits per heavy atom. The van der Waals surface area contributed by atoms with Crippen molar-refractivity contribution in [2.24, 2.45) is 0 Å². The van der Waals surface area contributed by atoms with Gasteiger partial charge in [0.2, 0.25) is 0 Å². The van der Waals surface area contributed by atoms with E-state index in [0.29, 0.717) is 0 Å². The number of rotatable bonds is 4. The zero-order chi connectivity index (χ0) is 15.8. The highest BCUT2D eigenvalue weighted by molar-refractivity contribution is 5.64. The van der Waals surface area contributed by atoms with Gasteiger partial charge < -0.3 is 9.47 Å². The molecule has 0 aromatic rings. The number of nitriles is 2. The van der Waals surface area contributed by atoms with Crippen LogP contribution >= 0.6 is 0 Å². The summed E-state index contributed by atoms with van der Waals surface area (Å²) < 4.78 is 9.30. The number of hydrogen-bond donors (Lipinski definition) is 0. The third kappa shape index (κ3) is 5.44. The van der Waals surface area contributed by atoms with Gasteiger partial charge in [-0.05, 0) is 26.7 Å². The minimum Gasteiger partial charge on any atom is -0.410 e. The van der Waals surface area contributed by atoms with Crippen LogP contribution in [0.4, 0.5) is 9.59 Å². The smallest absolute Gasteiger partial charge is 0.410 e. The van der Waals surface area contributed by atoms with Crippen molar-refractivity contribution < 1.29 is 28.8 Å². The highest BCUT2D eigenvalue weighted by atomic mass is 17.3. The minimum absolute atomic E-state index is 0.228. The van der Waals surface area contributed by atoms with Gasteiger partial charge in [-0.25, -0.2) is 0 Å². The second-order valence-corrected chi connectivity index (χ2v) is 4.26. The van der Waals surface area contributed by atoms with Gasteiger partial charge in [-0.1, -0.05) is 13.8 Å². The first-order valence-corrected chi connectivity index (χ1v) is 5.87. The van der Waals surface area contributed by atoms with Crippen LogP contribution in [0.1, 0.15) is 40.5 Å². The fourth-order valence-corrected chi connectivity index (χ4v) is 0.818. The van der Waals surface area contributed by atoms with Crippen LogP contribution in [0.5, 0.6) is 0 Å². The zero-order valence-electron chi connectivity index (χ0n) is 11.8. The van der Waals surface area contributed by atoms with Crippen LogP contribution < -0.4 is 0 Å². The lowest BCUT2D eigenvalue weighted by atomic mass is 10.1. The van der Waals surface area contributed by atoms with E-state index in [1.807, 2.05) is 0 Å². The topological polar surface area (TPSA) is 119 Å². The molecule has 0 aliphatic heterocycles. The van der Waals surface area contributed by atoms with Crippen LogP contribution in [0.15, 0.2) is 0 Å². The summed E-state index contributed by atoms with van der Waals surface area (Å²) in [5.74, 6) is 0. The molecule has 0 aromatic carbocycles. The van der Waals surface area contributed by atoms with Gasteiger partial charge in [0.1, 0.15) is 12.1 Å². The average molecular weight is 284 g/mol. The minimum atomic E-state index is -1.38. The van der Waals surface area contributed by atoms with Crippen molar-refractivity contribution in [1.29, 1.82) is 10.5 Å². The van der Waals surface area contributed by atoms with Gasteiger partial charge in [-0.15, -0.1) is 0 Å². The van der Waals surface area contributed by atoms with Crippen LogP contribution in [-0.4, -0.2) is 23.5 Å². The van der Waals surface area contributed by atoms with Crippen molar-refractivity contribution in [1.82, 2.24) is 0 Å². The Bertz CT molecular complexity index is 410. The molecule has 8 heteroatoms. The molecule has 0 aromatic heterocycles. The Labute approximate surface area is 116 Å². The Morgan fingerprint density at radius 3 is 1.40 bits per heavy atom. The highest BCUT2D eigenvalue weighted by Gasteiger charge is 2.31. The van der Waals surface area contributed by atoms with Gasteiger partial charge in [-0.2, -0.15) is 29.9 Å². The molecule has 0 aliphatic rings. The number of nitrogens with zero attached hydrogens (tertiary/aromatic N) is 2. The number of carbonyl (C=O) groups excluding carboxylic acids is 2. The maximum absolute atomic E-state index is 11.2. The molecule has 0 saturated heterocycles. The summed E-state index contributed by atoms with van der Waals surface area (Å²) in [6.07, 6.45) is -2.26. The summed E-state index contributed by atoms with van der Waals surface area (Å²) in [6, 6.07) is 3.53. The third-order valence-electron chi connectivity index (χ3n) is 2.62. The lowest BCUT2D eigenvalue weighted by molar-refractivity contribution is -0.230. The molecule has 110 valence electrons. The Kier molecular flexibility index (Phi) is 6.30. The van der Waals surface area contributed by atoms with E-state index in [-0.39, 0.29) is 12.8 Å². The van der Waals surface area contributed by atoms with Crippen molar-refractivity contribution in [3.05, 3.63) is 0 Å². The summed E-state index contributed by atoms with van der Waals surface area (Å²) >= 11 is 0. The molecule has 0 heterocycles. The molecule has 0 spiro atoms. The van der Waals surface area contributed by atoms with E-state index < -0.39 is 23.5 Å². The van der Waals surface area contributed by atoms with Crippen LogP contribution in [-0.2, 0) is 19.2 Å². The molecular weight excluding hydrogens is 268 g/mol. The Balaban J connectivity index is 4.31. The van der Waals surface area contributed by atoms with Crippen molar-refractivity contribution in [2.75, 3.05) is 0 Å². The fourth-order valence-electron chi connectivity index (χ4n) is 0.818. The number of carbonyl (C=O) groups is 2. The summed E-state index contributed by atoms with van der Waals surface area (Å²) in [5.41, 5.74) is -2.76. The molecule has 8 nitrogen and oxygen atoms in total. The standard InChI is InChI=1S/C12H16N2O6/c1-5-11(3,7-13)17-9(15)19-20-10(16)18-12(4,6-2)8-14/h5-6H2,1-4H3. The van der Waals surface area contributed by atoms with Crippen molar-refractivity contribution in [2.45, 2.75) is 51.7 Å². The molecule has 20 heavy (non-hydrogen) atoms. The van der Waals surface area contributed by atoms with E-state index in [1.54, 1.807) is 26.0 Å². The summed E-state index contributed by atoms with van der Waals surface area (Å²) in [4.78, 5) is 30.5. The average Bonchev–Trinajstić information content (AvgIpc) is 2.44. The molecule has 0 saturated carbocycles. The van der Waals surface area contributed by atoms with Crippen LogP contribution in [0.3, 0.4) is 0 Å². The molecule has 0 aliphatic carbocycles. The van der Waals surface area contributed by atoms with Gasteiger partial charge in [0, 0.05) is 0 Å². The summed E-state index contributed by atoms with van der Waals surface area (Å²) in [7, 11) is 0. The monoisotopic (exact) mass is 284 g/mol. The highest BCUT2D eigenvalue weighted by Crippen LogP contribution is 2.16. The number of ether oxygens (including phenoxy) is 2. The maximum Gasteiger partial charge on any atom is 0.551 e. The first-order valence-electron chi connectivity index (χ1n) is 5.87.